The fourth-order valence-electron chi connectivity index (χ4n) is 10.9. The highest BCUT2D eigenvalue weighted by atomic mass is 15.2. The number of nitrogens with zero attached hydrogens (tertiary/aromatic N) is 2. The molecule has 2 nitrogen and oxygen atoms in total. The van der Waals surface area contributed by atoms with Gasteiger partial charge in [-0.1, -0.05) is 236 Å². The molecule has 8 aromatic carbocycles. The van der Waals surface area contributed by atoms with Gasteiger partial charge in [0.2, 0.25) is 0 Å². The number of benzene rings is 8. The lowest BCUT2D eigenvalue weighted by molar-refractivity contribution is 0.398. The smallest absolute Gasteiger partial charge is 0.0540 e. The number of unbranched alkanes of at least 4 members (excludes halogenated alkanes) is 10. The van der Waals surface area contributed by atoms with Crippen LogP contribution in [0.1, 0.15) is 115 Å². The lowest BCUT2D eigenvalue weighted by atomic mass is 9.70. The molecule has 0 atom stereocenters. The molecule has 0 bridgehead atoms. The van der Waals surface area contributed by atoms with E-state index in [0.717, 1.165) is 24.2 Å². The third-order valence-electron chi connectivity index (χ3n) is 14.2. The van der Waals surface area contributed by atoms with Gasteiger partial charge in [0.05, 0.1) is 11.4 Å². The van der Waals surface area contributed by atoms with Gasteiger partial charge in [-0.25, -0.2) is 0 Å². The average Bonchev–Trinajstić information content (AvgIpc) is 3.65. The highest BCUT2D eigenvalue weighted by Crippen LogP contribution is 2.57. The summed E-state index contributed by atoms with van der Waals surface area (Å²) >= 11 is 0. The highest BCUT2D eigenvalue weighted by molar-refractivity contribution is 5.93. The van der Waals surface area contributed by atoms with Crippen molar-refractivity contribution in [1.82, 2.24) is 0 Å². The molecular formula is C65H68N2. The zero-order valence-corrected chi connectivity index (χ0v) is 39.9. The van der Waals surface area contributed by atoms with E-state index >= 15 is 0 Å². The first kappa shape index (κ1) is 45.5. The van der Waals surface area contributed by atoms with E-state index in [-0.39, 0.29) is 5.41 Å². The maximum Gasteiger partial charge on any atom is 0.0540 e. The van der Waals surface area contributed by atoms with Crippen molar-refractivity contribution in [3.63, 3.8) is 0 Å². The fourth-order valence-corrected chi connectivity index (χ4v) is 10.9. The Labute approximate surface area is 402 Å². The van der Waals surface area contributed by atoms with Crippen LogP contribution in [0.15, 0.2) is 206 Å². The predicted octanol–water partition coefficient (Wildman–Crippen LogP) is 19.7. The molecule has 8 aromatic rings. The number of fused-ring (bicyclic) bond motifs is 3. The SMILES string of the molecule is CCCCCCCCC1(CCCCCCCC)c2cc(N(c3ccccc3)c3ccccc3-c3ccccc3)ccc2-c2ccc(N(c3ccccc3)c3ccccc3-c3ccccc3)cc21. The Balaban J connectivity index is 1.23. The lowest BCUT2D eigenvalue weighted by Crippen LogP contribution is -2.26. The summed E-state index contributed by atoms with van der Waals surface area (Å²) in [5.74, 6) is 0. The van der Waals surface area contributed by atoms with Crippen LogP contribution in [0.3, 0.4) is 0 Å². The van der Waals surface area contributed by atoms with Gasteiger partial charge in [0.15, 0.2) is 0 Å². The molecule has 0 aliphatic heterocycles. The minimum atomic E-state index is -0.144. The molecule has 0 amide bonds. The molecule has 0 aromatic heterocycles. The van der Waals surface area contributed by atoms with Crippen LogP contribution in [0.4, 0.5) is 34.1 Å². The van der Waals surface area contributed by atoms with Crippen molar-refractivity contribution in [1.29, 1.82) is 0 Å². The summed E-state index contributed by atoms with van der Waals surface area (Å²) in [5.41, 5.74) is 17.6. The topological polar surface area (TPSA) is 6.48 Å². The van der Waals surface area contributed by atoms with Crippen LogP contribution in [0, 0.1) is 0 Å². The average molecular weight is 877 g/mol. The Morgan fingerprint density at radius 1 is 0.299 bits per heavy atom. The van der Waals surface area contributed by atoms with Gasteiger partial charge in [0.25, 0.3) is 0 Å². The molecule has 9 rings (SSSR count). The second-order valence-corrected chi connectivity index (χ2v) is 18.7. The van der Waals surface area contributed by atoms with Crippen LogP contribution in [0.2, 0.25) is 0 Å². The Morgan fingerprint density at radius 3 is 1.04 bits per heavy atom. The van der Waals surface area contributed by atoms with Crippen LogP contribution < -0.4 is 9.80 Å². The van der Waals surface area contributed by atoms with Gasteiger partial charge in [-0.05, 0) is 107 Å². The van der Waals surface area contributed by atoms with Crippen LogP contribution in [0.5, 0.6) is 0 Å². The number of rotatable bonds is 22. The summed E-state index contributed by atoms with van der Waals surface area (Å²) in [6.07, 6.45) is 17.7. The lowest BCUT2D eigenvalue weighted by Gasteiger charge is -2.35. The number of hydrogen-bond donors (Lipinski definition) is 0. The van der Waals surface area contributed by atoms with E-state index in [9.17, 15) is 0 Å². The van der Waals surface area contributed by atoms with Gasteiger partial charge < -0.3 is 9.80 Å². The van der Waals surface area contributed by atoms with E-state index < -0.39 is 0 Å². The summed E-state index contributed by atoms with van der Waals surface area (Å²) in [4.78, 5) is 5.02. The normalized spacial score (nSPS) is 12.4. The number of hydrogen-bond acceptors (Lipinski definition) is 2. The zero-order chi connectivity index (χ0) is 45.7. The van der Waals surface area contributed by atoms with Crippen molar-refractivity contribution in [3.05, 3.63) is 217 Å². The van der Waals surface area contributed by atoms with Crippen LogP contribution >= 0.6 is 0 Å². The molecule has 0 radical (unpaired) electrons. The monoisotopic (exact) mass is 877 g/mol. The van der Waals surface area contributed by atoms with Crippen molar-refractivity contribution in [2.75, 3.05) is 9.80 Å². The van der Waals surface area contributed by atoms with Gasteiger partial charge in [-0.15, -0.1) is 0 Å². The zero-order valence-electron chi connectivity index (χ0n) is 39.9. The van der Waals surface area contributed by atoms with Crippen molar-refractivity contribution >= 4 is 34.1 Å². The summed E-state index contributed by atoms with van der Waals surface area (Å²) in [6.45, 7) is 4.65. The van der Waals surface area contributed by atoms with Crippen molar-refractivity contribution in [3.8, 4) is 33.4 Å². The van der Waals surface area contributed by atoms with E-state index in [2.05, 4.69) is 230 Å². The third kappa shape index (κ3) is 10.1. The first-order chi connectivity index (χ1) is 33.2. The Morgan fingerprint density at radius 2 is 0.642 bits per heavy atom. The molecule has 0 saturated heterocycles. The summed E-state index contributed by atoms with van der Waals surface area (Å²) in [7, 11) is 0. The fraction of sp³-hybridized carbons (Fsp3) is 0.262. The number of anilines is 6. The Bertz CT molecular complexity index is 2580. The molecular weight excluding hydrogens is 809 g/mol. The van der Waals surface area contributed by atoms with E-state index in [0.29, 0.717) is 0 Å². The van der Waals surface area contributed by atoms with Crippen LogP contribution in [0.25, 0.3) is 33.4 Å². The van der Waals surface area contributed by atoms with Gasteiger partial charge in [0.1, 0.15) is 0 Å². The molecule has 0 fully saturated rings. The van der Waals surface area contributed by atoms with Crippen LogP contribution in [-0.2, 0) is 5.41 Å². The van der Waals surface area contributed by atoms with Gasteiger partial charge >= 0.3 is 0 Å². The molecule has 0 heterocycles. The third-order valence-corrected chi connectivity index (χ3v) is 14.2. The van der Waals surface area contributed by atoms with E-state index in [1.54, 1.807) is 0 Å². The highest BCUT2D eigenvalue weighted by Gasteiger charge is 2.43. The summed E-state index contributed by atoms with van der Waals surface area (Å²) in [5, 5.41) is 0. The molecule has 0 N–H and O–H groups in total. The Kier molecular flexibility index (Phi) is 15.1. The standard InChI is InChI=1S/C65H68N2/c1-3-5-7-9-11-29-47-65(48-30-12-10-8-6-4-2)61-49-55(66(53-35-21-15-22-36-53)63-41-27-25-39-57(63)51-31-17-13-18-32-51)43-45-59(61)60-46-44-56(50-62(60)65)67(54-37-23-16-24-38-54)64-42-28-26-40-58(64)52-33-19-14-20-34-52/h13-28,31-46,49-50H,3-12,29-30,47-48H2,1-2H3. The molecule has 2 heteroatoms. The van der Waals surface area contributed by atoms with E-state index in [4.69, 9.17) is 0 Å². The van der Waals surface area contributed by atoms with Crippen molar-refractivity contribution in [2.45, 2.75) is 109 Å². The van der Waals surface area contributed by atoms with Gasteiger partial charge in [-0.2, -0.15) is 0 Å². The largest absolute Gasteiger partial charge is 0.310 e. The van der Waals surface area contributed by atoms with Crippen LogP contribution in [-0.4, -0.2) is 0 Å². The minimum absolute atomic E-state index is 0.144. The second kappa shape index (κ2) is 22.2. The Hall–Kier alpha value is -6.64. The first-order valence-electron chi connectivity index (χ1n) is 25.5. The first-order valence-corrected chi connectivity index (χ1v) is 25.5. The van der Waals surface area contributed by atoms with Gasteiger partial charge in [-0.3, -0.25) is 0 Å². The quantitative estimate of drug-likeness (QED) is 0.0626. The predicted molar refractivity (Wildman–Crippen MR) is 289 cm³/mol. The molecule has 0 saturated carbocycles. The maximum atomic E-state index is 2.61. The summed E-state index contributed by atoms with van der Waals surface area (Å²) < 4.78 is 0. The maximum absolute atomic E-state index is 2.61. The van der Waals surface area contributed by atoms with E-state index in [1.807, 2.05) is 0 Å². The molecule has 67 heavy (non-hydrogen) atoms. The van der Waals surface area contributed by atoms with Gasteiger partial charge in [0, 0.05) is 39.3 Å². The summed E-state index contributed by atoms with van der Waals surface area (Å²) in [6, 6.07) is 76.6. The molecule has 0 unspecified atom stereocenters. The molecule has 1 aliphatic carbocycles. The molecule has 0 spiro atoms. The van der Waals surface area contributed by atoms with Crippen molar-refractivity contribution < 1.29 is 0 Å². The van der Waals surface area contributed by atoms with E-state index in [1.165, 1.54) is 144 Å². The molecule has 338 valence electrons. The van der Waals surface area contributed by atoms with Crippen molar-refractivity contribution in [2.24, 2.45) is 0 Å². The minimum Gasteiger partial charge on any atom is -0.310 e. The number of para-hydroxylation sites is 4. The molecule has 1 aliphatic rings. The second-order valence-electron chi connectivity index (χ2n) is 18.7.